The van der Waals surface area contributed by atoms with Crippen molar-refractivity contribution in [3.8, 4) is 0 Å². The van der Waals surface area contributed by atoms with Crippen molar-refractivity contribution in [3.05, 3.63) is 107 Å². The molecule has 1 atom stereocenters. The molecule has 3 aromatic rings. The molecule has 1 fully saturated rings. The fourth-order valence-corrected chi connectivity index (χ4v) is 3.94. The molecule has 1 heterocycles. The number of carbonyl (C=O) groups excluding carboxylic acids is 2. The summed E-state index contributed by atoms with van der Waals surface area (Å²) in [6, 6.07) is 24.6. The maximum absolute atomic E-state index is 13.2. The van der Waals surface area contributed by atoms with Gasteiger partial charge in [-0.25, -0.2) is 0 Å². The summed E-state index contributed by atoms with van der Waals surface area (Å²) < 4.78 is 0. The maximum Gasteiger partial charge on any atom is 0.255 e. The van der Waals surface area contributed by atoms with Crippen LogP contribution in [0.4, 0.5) is 5.69 Å². The van der Waals surface area contributed by atoms with Crippen LogP contribution in [0.5, 0.6) is 0 Å². The van der Waals surface area contributed by atoms with Gasteiger partial charge in [0.2, 0.25) is 5.91 Å². The van der Waals surface area contributed by atoms with Gasteiger partial charge in [-0.2, -0.15) is 0 Å². The van der Waals surface area contributed by atoms with E-state index >= 15 is 0 Å². The molecule has 1 unspecified atom stereocenters. The number of halogens is 1. The van der Waals surface area contributed by atoms with Gasteiger partial charge in [-0.3, -0.25) is 9.59 Å². The van der Waals surface area contributed by atoms with E-state index in [9.17, 15) is 9.59 Å². The molecular weight excluding hydrogens is 408 g/mol. The van der Waals surface area contributed by atoms with Gasteiger partial charge in [0.25, 0.3) is 5.91 Å². The second-order valence-electron chi connectivity index (χ2n) is 7.57. The van der Waals surface area contributed by atoms with E-state index in [1.54, 1.807) is 30.3 Å². The summed E-state index contributed by atoms with van der Waals surface area (Å²) in [5.41, 5.74) is 3.14. The lowest BCUT2D eigenvalue weighted by atomic mass is 9.99. The van der Waals surface area contributed by atoms with Gasteiger partial charge >= 0.3 is 0 Å². The predicted molar refractivity (Wildman–Crippen MR) is 125 cm³/mol. The van der Waals surface area contributed by atoms with Crippen LogP contribution in [0, 0.1) is 0 Å². The zero-order chi connectivity index (χ0) is 21.6. The van der Waals surface area contributed by atoms with Gasteiger partial charge in [-0.1, -0.05) is 66.2 Å². The Kier molecular flexibility index (Phi) is 6.48. The second kappa shape index (κ2) is 9.63. The maximum atomic E-state index is 13.2. The first-order chi connectivity index (χ1) is 15.1. The van der Waals surface area contributed by atoms with Crippen LogP contribution < -0.4 is 5.32 Å². The molecule has 0 aromatic heterocycles. The standard InChI is InChI=1S/C26H23ClN2O2/c27-22-13-10-19(11-14-22)12-15-25(30)28-24-9-5-4-8-23(24)26(31)29-17-16-21(18-29)20-6-2-1-3-7-20/h1-15,21H,16-18H2,(H,28,30)/b15-12+. The minimum Gasteiger partial charge on any atom is -0.338 e. The first-order valence-electron chi connectivity index (χ1n) is 10.3. The fourth-order valence-electron chi connectivity index (χ4n) is 3.81. The molecule has 3 aromatic carbocycles. The van der Waals surface area contributed by atoms with E-state index in [4.69, 9.17) is 11.6 Å². The minimum atomic E-state index is -0.293. The van der Waals surface area contributed by atoms with E-state index in [0.29, 0.717) is 35.3 Å². The Balaban J connectivity index is 1.44. The van der Waals surface area contributed by atoms with Crippen molar-refractivity contribution in [1.29, 1.82) is 0 Å². The van der Waals surface area contributed by atoms with Crippen molar-refractivity contribution in [1.82, 2.24) is 4.90 Å². The molecule has 1 aliphatic rings. The van der Waals surface area contributed by atoms with E-state index in [1.807, 2.05) is 47.4 Å². The molecule has 0 radical (unpaired) electrons. The summed E-state index contributed by atoms with van der Waals surface area (Å²) >= 11 is 5.89. The Labute approximate surface area is 187 Å². The lowest BCUT2D eigenvalue weighted by molar-refractivity contribution is -0.111. The van der Waals surface area contributed by atoms with E-state index in [2.05, 4.69) is 17.4 Å². The third-order valence-electron chi connectivity index (χ3n) is 5.46. The SMILES string of the molecule is O=C(/C=C/c1ccc(Cl)cc1)Nc1ccccc1C(=O)N1CCC(c2ccccc2)C1. The molecule has 5 heteroatoms. The molecule has 156 valence electrons. The monoisotopic (exact) mass is 430 g/mol. The molecule has 1 aliphatic heterocycles. The average molecular weight is 431 g/mol. The van der Waals surface area contributed by atoms with Crippen molar-refractivity contribution in [2.45, 2.75) is 12.3 Å². The summed E-state index contributed by atoms with van der Waals surface area (Å²) in [7, 11) is 0. The third kappa shape index (κ3) is 5.22. The first kappa shape index (κ1) is 20.9. The molecule has 1 saturated heterocycles. The van der Waals surface area contributed by atoms with Crippen LogP contribution in [0.25, 0.3) is 6.08 Å². The minimum absolute atomic E-state index is 0.0592. The van der Waals surface area contributed by atoms with Crippen LogP contribution in [-0.4, -0.2) is 29.8 Å². The molecule has 0 aliphatic carbocycles. The van der Waals surface area contributed by atoms with Crippen LogP contribution in [-0.2, 0) is 4.79 Å². The van der Waals surface area contributed by atoms with Crippen LogP contribution in [0.15, 0.2) is 84.9 Å². The summed E-state index contributed by atoms with van der Waals surface area (Å²) in [6.07, 6.45) is 4.10. The van der Waals surface area contributed by atoms with Crippen LogP contribution >= 0.6 is 11.6 Å². The predicted octanol–water partition coefficient (Wildman–Crippen LogP) is 5.62. The molecule has 1 N–H and O–H groups in total. The summed E-state index contributed by atoms with van der Waals surface area (Å²) in [5.74, 6) is -0.0102. The van der Waals surface area contributed by atoms with E-state index in [0.717, 1.165) is 12.0 Å². The number of rotatable bonds is 5. The number of para-hydroxylation sites is 1. The van der Waals surface area contributed by atoms with Gasteiger partial charge in [0.05, 0.1) is 11.3 Å². The normalized spacial score (nSPS) is 15.9. The highest BCUT2D eigenvalue weighted by molar-refractivity contribution is 6.30. The Bertz CT molecular complexity index is 1090. The van der Waals surface area contributed by atoms with Crippen LogP contribution in [0.3, 0.4) is 0 Å². The number of benzene rings is 3. The summed E-state index contributed by atoms with van der Waals surface area (Å²) in [4.78, 5) is 27.5. The third-order valence-corrected chi connectivity index (χ3v) is 5.71. The second-order valence-corrected chi connectivity index (χ2v) is 8.00. The van der Waals surface area contributed by atoms with Crippen molar-refractivity contribution in [3.63, 3.8) is 0 Å². The number of likely N-dealkylation sites (tertiary alicyclic amines) is 1. The van der Waals surface area contributed by atoms with Crippen LogP contribution in [0.1, 0.15) is 33.8 Å². The smallest absolute Gasteiger partial charge is 0.255 e. The van der Waals surface area contributed by atoms with Crippen molar-refractivity contribution in [2.24, 2.45) is 0 Å². The molecule has 4 rings (SSSR count). The van der Waals surface area contributed by atoms with Gasteiger partial charge in [0, 0.05) is 30.1 Å². The highest BCUT2D eigenvalue weighted by Crippen LogP contribution is 2.29. The highest BCUT2D eigenvalue weighted by atomic mass is 35.5. The van der Waals surface area contributed by atoms with E-state index < -0.39 is 0 Å². The van der Waals surface area contributed by atoms with Gasteiger partial charge in [-0.15, -0.1) is 0 Å². The Hall–Kier alpha value is -3.37. The molecular formula is C26H23ClN2O2. The van der Waals surface area contributed by atoms with E-state index in [-0.39, 0.29) is 11.8 Å². The number of amides is 2. The van der Waals surface area contributed by atoms with Crippen molar-refractivity contribution >= 4 is 35.2 Å². The number of hydrogen-bond donors (Lipinski definition) is 1. The summed E-state index contributed by atoms with van der Waals surface area (Å²) in [6.45, 7) is 1.39. The molecule has 0 spiro atoms. The summed E-state index contributed by atoms with van der Waals surface area (Å²) in [5, 5.41) is 3.48. The molecule has 4 nitrogen and oxygen atoms in total. The zero-order valence-corrected chi connectivity index (χ0v) is 17.8. The quantitative estimate of drug-likeness (QED) is 0.534. The fraction of sp³-hybridized carbons (Fsp3) is 0.154. The lowest BCUT2D eigenvalue weighted by Crippen LogP contribution is -2.29. The van der Waals surface area contributed by atoms with Crippen LogP contribution in [0.2, 0.25) is 5.02 Å². The van der Waals surface area contributed by atoms with E-state index in [1.165, 1.54) is 11.6 Å². The number of carbonyl (C=O) groups is 2. The number of hydrogen-bond acceptors (Lipinski definition) is 2. The lowest BCUT2D eigenvalue weighted by Gasteiger charge is -2.19. The first-order valence-corrected chi connectivity index (χ1v) is 10.7. The number of nitrogens with one attached hydrogen (secondary N) is 1. The zero-order valence-electron chi connectivity index (χ0n) is 17.0. The average Bonchev–Trinajstić information content (AvgIpc) is 3.30. The topological polar surface area (TPSA) is 49.4 Å². The molecule has 0 saturated carbocycles. The molecule has 2 amide bonds. The Morgan fingerprint density at radius 1 is 0.935 bits per heavy atom. The largest absolute Gasteiger partial charge is 0.338 e. The van der Waals surface area contributed by atoms with Gasteiger partial charge < -0.3 is 10.2 Å². The van der Waals surface area contributed by atoms with Gasteiger partial charge in [0.15, 0.2) is 0 Å². The Morgan fingerprint density at radius 2 is 1.65 bits per heavy atom. The molecule has 31 heavy (non-hydrogen) atoms. The number of anilines is 1. The van der Waals surface area contributed by atoms with Crippen molar-refractivity contribution < 1.29 is 9.59 Å². The van der Waals surface area contributed by atoms with Gasteiger partial charge in [0.1, 0.15) is 0 Å². The highest BCUT2D eigenvalue weighted by Gasteiger charge is 2.29. The Morgan fingerprint density at radius 3 is 2.42 bits per heavy atom. The van der Waals surface area contributed by atoms with Crippen molar-refractivity contribution in [2.75, 3.05) is 18.4 Å². The van der Waals surface area contributed by atoms with Gasteiger partial charge in [-0.05, 0) is 47.9 Å². The molecule has 0 bridgehead atoms. The number of nitrogens with zero attached hydrogens (tertiary/aromatic N) is 1.